The van der Waals surface area contributed by atoms with E-state index < -0.39 is 0 Å². The van der Waals surface area contributed by atoms with Crippen LogP contribution in [0.5, 0.6) is 0 Å². The van der Waals surface area contributed by atoms with Crippen LogP contribution in [0.25, 0.3) is 0 Å². The lowest BCUT2D eigenvalue weighted by Crippen LogP contribution is -2.52. The Balaban J connectivity index is 1.15. The first-order valence-electron chi connectivity index (χ1n) is 13.4. The third-order valence-electron chi connectivity index (χ3n) is 8.19. The van der Waals surface area contributed by atoms with Gasteiger partial charge in [0.05, 0.1) is 6.17 Å². The molecule has 3 N–H and O–H groups in total. The number of hydrogen-bond acceptors (Lipinski definition) is 6. The minimum atomic E-state index is -0.336. The number of hydrogen-bond donors (Lipinski definition) is 3. The number of piperidine rings is 2. The molecule has 10 heteroatoms. The number of carbonyl (C=O) groups is 1. The van der Waals surface area contributed by atoms with E-state index in [4.69, 9.17) is 11.6 Å². The second-order valence-corrected chi connectivity index (χ2v) is 11.2. The van der Waals surface area contributed by atoms with E-state index in [1.165, 1.54) is 0 Å². The Morgan fingerprint density at radius 1 is 1.11 bits per heavy atom. The number of aromatic amines is 1. The highest BCUT2D eigenvalue weighted by Gasteiger charge is 2.46. The summed E-state index contributed by atoms with van der Waals surface area (Å²) in [5, 5.41) is 6.88. The number of nitrogens with one attached hydrogen (secondary N) is 3. The molecule has 3 fully saturated rings. The van der Waals surface area contributed by atoms with Crippen molar-refractivity contribution in [1.29, 1.82) is 0 Å². The number of aryl methyl sites for hydroxylation is 1. The van der Waals surface area contributed by atoms with Gasteiger partial charge in [-0.1, -0.05) is 19.1 Å². The highest BCUT2D eigenvalue weighted by Crippen LogP contribution is 2.30. The van der Waals surface area contributed by atoms with E-state index in [0.29, 0.717) is 12.1 Å². The van der Waals surface area contributed by atoms with Crippen LogP contribution in [0.2, 0.25) is 0 Å². The molecule has 2 aromatic rings. The van der Waals surface area contributed by atoms with Gasteiger partial charge in [0.25, 0.3) is 5.56 Å². The molecule has 5 rings (SSSR count). The molecule has 3 saturated heterocycles. The first-order valence-corrected chi connectivity index (χ1v) is 13.9. The maximum absolute atomic E-state index is 13.2. The average Bonchev–Trinajstić information content (AvgIpc) is 3.27. The summed E-state index contributed by atoms with van der Waals surface area (Å²) in [7, 11) is 0. The first kappa shape index (κ1) is 26.0. The molecule has 3 aliphatic rings. The van der Waals surface area contributed by atoms with Gasteiger partial charge >= 0.3 is 5.69 Å². The van der Waals surface area contributed by atoms with Crippen LogP contribution in [0.3, 0.4) is 0 Å². The molecule has 3 aliphatic heterocycles. The number of amides is 1. The number of carbonyl (C=O) groups excluding carboxylic acids is 1. The van der Waals surface area contributed by atoms with Crippen molar-refractivity contribution >= 4 is 23.2 Å². The smallest absolute Gasteiger partial charge is 0.328 e. The molecule has 37 heavy (non-hydrogen) atoms. The van der Waals surface area contributed by atoms with Gasteiger partial charge < -0.3 is 10.2 Å². The Morgan fingerprint density at radius 3 is 2.54 bits per heavy atom. The molecule has 1 aromatic carbocycles. The Morgan fingerprint density at radius 2 is 1.84 bits per heavy atom. The van der Waals surface area contributed by atoms with Crippen molar-refractivity contribution in [2.24, 2.45) is 0 Å². The molecule has 0 saturated carbocycles. The van der Waals surface area contributed by atoms with Crippen molar-refractivity contribution in [2.45, 2.75) is 82.2 Å². The van der Waals surface area contributed by atoms with Gasteiger partial charge in [-0.05, 0) is 56.7 Å². The molecule has 0 aliphatic carbocycles. The number of alkyl halides is 1. The van der Waals surface area contributed by atoms with Gasteiger partial charge in [-0.3, -0.25) is 29.4 Å². The van der Waals surface area contributed by atoms with Crippen LogP contribution in [0.15, 0.2) is 40.1 Å². The number of rotatable bonds is 6. The monoisotopic (exact) mass is 528 g/mol. The van der Waals surface area contributed by atoms with E-state index in [9.17, 15) is 14.4 Å². The molecular weight excluding hydrogens is 492 g/mol. The number of fused-ring (bicyclic) bond motifs is 1. The lowest BCUT2D eigenvalue weighted by molar-refractivity contribution is -0.126. The van der Waals surface area contributed by atoms with E-state index in [-0.39, 0.29) is 46.8 Å². The van der Waals surface area contributed by atoms with Crippen LogP contribution < -0.4 is 26.8 Å². The van der Waals surface area contributed by atoms with Crippen LogP contribution in [0.4, 0.5) is 5.69 Å². The first-order chi connectivity index (χ1) is 17.8. The second kappa shape index (κ2) is 11.0. The molecule has 0 bridgehead atoms. The summed E-state index contributed by atoms with van der Waals surface area (Å²) >= 11 is 6.42. The summed E-state index contributed by atoms with van der Waals surface area (Å²) < 4.78 is 1.67. The highest BCUT2D eigenvalue weighted by atomic mass is 35.5. The molecule has 0 spiro atoms. The fraction of sp³-hybridized carbons (Fsp3) is 0.593. The summed E-state index contributed by atoms with van der Waals surface area (Å²) in [6.45, 7) is 6.74. The van der Waals surface area contributed by atoms with Gasteiger partial charge in [0.1, 0.15) is 6.04 Å². The maximum Gasteiger partial charge on any atom is 0.328 e. The predicted molar refractivity (Wildman–Crippen MR) is 145 cm³/mol. The molecule has 0 radical (unpaired) electrons. The largest absolute Gasteiger partial charge is 0.371 e. The Labute approximate surface area is 222 Å². The third-order valence-corrected chi connectivity index (χ3v) is 8.54. The minimum Gasteiger partial charge on any atom is -0.371 e. The zero-order valence-corrected chi connectivity index (χ0v) is 22.3. The van der Waals surface area contributed by atoms with Gasteiger partial charge in [-0.2, -0.15) is 0 Å². The standard InChI is InChI=1S/C27H37ClN6O3/c1-3-22-24(34-16-19(28)6-9-23(34)30-22)26(36)29-14-18-4-7-20(8-5-18)32-12-10-21(11-13-32)33-15-17(2)25(35)31-27(33)37/h4-5,7-8,15,19,21-24,30H,3,6,9-14,16H2,1-2H3,(H,29,36)(H,31,35,37)/t19-,22+,23+,24-/m0/s1. The number of benzene rings is 1. The number of H-pyrrole nitrogens is 1. The van der Waals surface area contributed by atoms with Crippen LogP contribution in [-0.2, 0) is 11.3 Å². The number of nitrogens with zero attached hydrogens (tertiary/aromatic N) is 3. The van der Waals surface area contributed by atoms with Crippen molar-refractivity contribution in [3.63, 3.8) is 0 Å². The predicted octanol–water partition coefficient (Wildman–Crippen LogP) is 2.08. The average molecular weight is 529 g/mol. The van der Waals surface area contributed by atoms with Gasteiger partial charge in [0.2, 0.25) is 5.91 Å². The van der Waals surface area contributed by atoms with Crippen LogP contribution >= 0.6 is 11.6 Å². The zero-order chi connectivity index (χ0) is 26.1. The molecule has 200 valence electrons. The quantitative estimate of drug-likeness (QED) is 0.496. The zero-order valence-electron chi connectivity index (χ0n) is 21.6. The van der Waals surface area contributed by atoms with E-state index >= 15 is 0 Å². The number of halogens is 1. The van der Waals surface area contributed by atoms with Crippen LogP contribution in [-0.4, -0.2) is 63.6 Å². The third kappa shape index (κ3) is 5.49. The molecule has 4 atom stereocenters. The molecule has 1 amide bonds. The summed E-state index contributed by atoms with van der Waals surface area (Å²) in [6.07, 6.45) is 6.44. The topological polar surface area (TPSA) is 102 Å². The van der Waals surface area contributed by atoms with Gasteiger partial charge in [0, 0.05) is 61.1 Å². The normalized spacial score (nSPS) is 26.7. The van der Waals surface area contributed by atoms with Gasteiger partial charge in [0.15, 0.2) is 0 Å². The van der Waals surface area contributed by atoms with E-state index in [0.717, 1.165) is 63.0 Å². The summed E-state index contributed by atoms with van der Waals surface area (Å²) in [4.78, 5) is 44.1. The molecule has 0 unspecified atom stereocenters. The van der Waals surface area contributed by atoms with Gasteiger partial charge in [-0.25, -0.2) is 4.79 Å². The fourth-order valence-corrected chi connectivity index (χ4v) is 6.35. The Hall–Kier alpha value is -2.62. The second-order valence-electron chi connectivity index (χ2n) is 10.6. The van der Waals surface area contributed by atoms with Crippen molar-refractivity contribution in [3.8, 4) is 0 Å². The van der Waals surface area contributed by atoms with Crippen molar-refractivity contribution in [2.75, 3.05) is 24.5 Å². The lowest BCUT2D eigenvalue weighted by atomic mass is 10.0. The van der Waals surface area contributed by atoms with Crippen LogP contribution in [0.1, 0.15) is 56.2 Å². The number of aromatic nitrogens is 2. The number of anilines is 1. The Kier molecular flexibility index (Phi) is 7.74. The summed E-state index contributed by atoms with van der Waals surface area (Å²) in [5.74, 6) is 0.0616. The minimum absolute atomic E-state index is 0.0616. The SMILES string of the molecule is CC[C@H]1N[C@H]2CC[C@H](Cl)CN2[C@@H]1C(=O)NCc1ccc(N2CCC(n3cc(C)c(=O)[nH]c3=O)CC2)cc1. The van der Waals surface area contributed by atoms with Gasteiger partial charge in [-0.15, -0.1) is 11.6 Å². The summed E-state index contributed by atoms with van der Waals surface area (Å²) in [6, 6.07) is 8.38. The fourth-order valence-electron chi connectivity index (χ4n) is 6.06. The Bertz CT molecular complexity index is 1220. The van der Waals surface area contributed by atoms with E-state index in [2.05, 4.69) is 56.6 Å². The van der Waals surface area contributed by atoms with E-state index in [1.807, 2.05) is 0 Å². The van der Waals surface area contributed by atoms with Crippen LogP contribution in [0, 0.1) is 6.92 Å². The highest BCUT2D eigenvalue weighted by molar-refractivity contribution is 6.20. The lowest BCUT2D eigenvalue weighted by Gasteiger charge is -2.35. The molecule has 4 heterocycles. The molecule has 9 nitrogen and oxygen atoms in total. The maximum atomic E-state index is 13.2. The molecular formula is C27H37ClN6O3. The van der Waals surface area contributed by atoms with Crippen molar-refractivity contribution in [3.05, 3.63) is 62.4 Å². The van der Waals surface area contributed by atoms with Crippen molar-refractivity contribution < 1.29 is 4.79 Å². The van der Waals surface area contributed by atoms with E-state index in [1.54, 1.807) is 17.7 Å². The summed E-state index contributed by atoms with van der Waals surface area (Å²) in [5.41, 5.74) is 2.09. The molecule has 1 aromatic heterocycles. The van der Waals surface area contributed by atoms with Crippen molar-refractivity contribution in [1.82, 2.24) is 25.1 Å².